The lowest BCUT2D eigenvalue weighted by Crippen LogP contribution is -2.32. The molecule has 1 aliphatic heterocycles. The molecule has 0 saturated carbocycles. The van der Waals surface area contributed by atoms with Gasteiger partial charge in [0.25, 0.3) is 5.88 Å². The molecule has 0 N–H and O–H groups in total. The number of pyridine rings is 2. The minimum Gasteiger partial charge on any atom is -0.469 e. The maximum atomic E-state index is 14.4. The number of methoxy groups -OCH3 is 1. The van der Waals surface area contributed by atoms with Crippen LogP contribution in [0.4, 0.5) is 4.39 Å². The Bertz CT molecular complexity index is 1610. The van der Waals surface area contributed by atoms with Crippen LogP contribution < -0.4 is 4.74 Å². The maximum absolute atomic E-state index is 14.4. The van der Waals surface area contributed by atoms with Gasteiger partial charge in [0.05, 0.1) is 36.7 Å². The second-order valence-corrected chi connectivity index (χ2v) is 10.6. The van der Waals surface area contributed by atoms with Gasteiger partial charge < -0.3 is 18.8 Å². The average Bonchev–Trinajstić information content (AvgIpc) is 3.31. The van der Waals surface area contributed by atoms with Crippen LogP contribution in [0.3, 0.4) is 0 Å². The molecule has 1 fully saturated rings. The molecule has 4 aromatic heterocycles. The number of hydrogen-bond donors (Lipinski definition) is 0. The van der Waals surface area contributed by atoms with Gasteiger partial charge in [0.1, 0.15) is 17.9 Å². The fourth-order valence-electron chi connectivity index (χ4n) is 5.02. The average molecular weight is 579 g/mol. The Balaban J connectivity index is 1.17. The van der Waals surface area contributed by atoms with E-state index in [1.54, 1.807) is 18.2 Å². The molecule has 212 valence electrons. The van der Waals surface area contributed by atoms with E-state index in [0.29, 0.717) is 34.7 Å². The molecule has 1 aliphatic carbocycles. The highest BCUT2D eigenvalue weighted by molar-refractivity contribution is 6.30. The van der Waals surface area contributed by atoms with Crippen molar-refractivity contribution < 1.29 is 23.4 Å². The highest BCUT2D eigenvalue weighted by Crippen LogP contribution is 2.32. The Morgan fingerprint density at radius 3 is 2.73 bits per heavy atom. The zero-order chi connectivity index (χ0) is 28.3. The SMILES string of the molecule is COC(=O)c1ccc2nc(CC3CC=C(c4ncc(F)c(OCc5ccc(Cl)cn5)n4)CC3)n(CC3CCO3)c2n1. The number of carbonyl (C=O) groups excluding carboxylic acids is 1. The fourth-order valence-corrected chi connectivity index (χ4v) is 5.14. The number of esters is 1. The summed E-state index contributed by atoms with van der Waals surface area (Å²) in [7, 11) is 1.34. The summed E-state index contributed by atoms with van der Waals surface area (Å²) in [6.07, 6.45) is 9.02. The van der Waals surface area contributed by atoms with Crippen LogP contribution in [0, 0.1) is 11.7 Å². The maximum Gasteiger partial charge on any atom is 0.356 e. The van der Waals surface area contributed by atoms with Gasteiger partial charge >= 0.3 is 5.97 Å². The number of rotatable bonds is 9. The molecule has 1 saturated heterocycles. The van der Waals surface area contributed by atoms with Crippen LogP contribution in [0.2, 0.25) is 5.02 Å². The number of nitrogens with zero attached hydrogens (tertiary/aromatic N) is 6. The van der Waals surface area contributed by atoms with E-state index in [4.69, 9.17) is 30.8 Å². The summed E-state index contributed by atoms with van der Waals surface area (Å²) < 4.78 is 32.6. The van der Waals surface area contributed by atoms with Crippen molar-refractivity contribution in [2.24, 2.45) is 5.92 Å². The van der Waals surface area contributed by atoms with Gasteiger partial charge in [-0.2, -0.15) is 9.37 Å². The highest BCUT2D eigenvalue weighted by Gasteiger charge is 2.26. The molecule has 10 nitrogen and oxygen atoms in total. The van der Waals surface area contributed by atoms with Crippen LogP contribution >= 0.6 is 11.6 Å². The predicted molar refractivity (Wildman–Crippen MR) is 148 cm³/mol. The number of halogens is 2. The van der Waals surface area contributed by atoms with E-state index in [2.05, 4.69) is 30.6 Å². The van der Waals surface area contributed by atoms with Gasteiger partial charge in [0.15, 0.2) is 17.2 Å². The summed E-state index contributed by atoms with van der Waals surface area (Å²) in [6, 6.07) is 6.86. The van der Waals surface area contributed by atoms with E-state index in [-0.39, 0.29) is 24.3 Å². The van der Waals surface area contributed by atoms with Gasteiger partial charge in [-0.1, -0.05) is 17.7 Å². The Hall–Kier alpha value is -3.96. The van der Waals surface area contributed by atoms with Crippen LogP contribution in [0.5, 0.6) is 5.88 Å². The number of ether oxygens (including phenoxy) is 3. The van der Waals surface area contributed by atoms with Crippen LogP contribution in [-0.2, 0) is 29.0 Å². The molecule has 0 aromatic carbocycles. The van der Waals surface area contributed by atoms with Crippen molar-refractivity contribution >= 4 is 34.3 Å². The van der Waals surface area contributed by atoms with Crippen molar-refractivity contribution in [2.45, 2.75) is 51.4 Å². The van der Waals surface area contributed by atoms with Gasteiger partial charge in [-0.25, -0.2) is 19.7 Å². The summed E-state index contributed by atoms with van der Waals surface area (Å²) in [6.45, 7) is 1.45. The molecule has 4 aromatic rings. The Morgan fingerprint density at radius 1 is 1.15 bits per heavy atom. The van der Waals surface area contributed by atoms with Crippen molar-refractivity contribution in [1.29, 1.82) is 0 Å². The van der Waals surface area contributed by atoms with Gasteiger partial charge in [0.2, 0.25) is 5.82 Å². The first-order valence-electron chi connectivity index (χ1n) is 13.5. The van der Waals surface area contributed by atoms with Gasteiger partial charge in [-0.15, -0.1) is 0 Å². The molecule has 0 bridgehead atoms. The van der Waals surface area contributed by atoms with Gasteiger partial charge in [-0.05, 0) is 61.4 Å². The van der Waals surface area contributed by atoms with E-state index in [9.17, 15) is 9.18 Å². The van der Waals surface area contributed by atoms with Crippen molar-refractivity contribution in [3.8, 4) is 5.88 Å². The molecular weight excluding hydrogens is 551 g/mol. The summed E-state index contributed by atoms with van der Waals surface area (Å²) in [5, 5.41) is 0.515. The van der Waals surface area contributed by atoms with Crippen molar-refractivity contribution in [1.82, 2.24) is 29.5 Å². The molecule has 41 heavy (non-hydrogen) atoms. The number of hydrogen-bond acceptors (Lipinski definition) is 9. The Morgan fingerprint density at radius 2 is 2.02 bits per heavy atom. The smallest absolute Gasteiger partial charge is 0.356 e. The molecule has 2 atom stereocenters. The third kappa shape index (κ3) is 6.06. The minimum atomic E-state index is -0.629. The zero-order valence-electron chi connectivity index (χ0n) is 22.4. The molecule has 0 radical (unpaired) electrons. The summed E-state index contributed by atoms with van der Waals surface area (Å²) in [5.74, 6) is 0.484. The van der Waals surface area contributed by atoms with Crippen LogP contribution in [0.1, 0.15) is 53.5 Å². The number of carbonyl (C=O) groups is 1. The van der Waals surface area contributed by atoms with Crippen LogP contribution in [0.25, 0.3) is 16.7 Å². The second-order valence-electron chi connectivity index (χ2n) is 10.1. The van der Waals surface area contributed by atoms with E-state index < -0.39 is 11.8 Å². The minimum absolute atomic E-state index is 0.0640. The second kappa shape index (κ2) is 11.9. The fraction of sp³-hybridized carbons (Fsp3) is 0.379. The lowest BCUT2D eigenvalue weighted by Gasteiger charge is -2.28. The molecule has 6 rings (SSSR count). The number of fused-ring (bicyclic) bond motifs is 1. The zero-order valence-corrected chi connectivity index (χ0v) is 23.2. The molecule has 2 aliphatic rings. The topological polar surface area (TPSA) is 114 Å². The lowest BCUT2D eigenvalue weighted by molar-refractivity contribution is -0.0591. The number of aromatic nitrogens is 6. The van der Waals surface area contributed by atoms with E-state index in [1.165, 1.54) is 13.3 Å². The standard InChI is InChI=1S/C29H28ClFN6O4/c1-39-29(38)24-9-8-23-27(35-24)37(15-21-10-11-40-21)25(34-23)12-17-2-4-18(5-3-17)26-33-14-22(31)28(36-26)41-16-20-7-6-19(30)13-32-20/h4,6-9,13-14,17,21H,2-3,5,10-12,15-16H2,1H3. The Labute approximate surface area is 240 Å². The largest absolute Gasteiger partial charge is 0.469 e. The Kier molecular flexibility index (Phi) is 7.89. The van der Waals surface area contributed by atoms with Gasteiger partial charge in [0, 0.05) is 19.2 Å². The molecule has 2 unspecified atom stereocenters. The third-order valence-electron chi connectivity index (χ3n) is 7.38. The van der Waals surface area contributed by atoms with Crippen LogP contribution in [-0.4, -0.2) is 55.3 Å². The third-order valence-corrected chi connectivity index (χ3v) is 7.60. The van der Waals surface area contributed by atoms with E-state index in [1.807, 2.05) is 6.07 Å². The van der Waals surface area contributed by atoms with E-state index >= 15 is 0 Å². The molecule has 0 spiro atoms. The number of allylic oxidation sites excluding steroid dienone is 2. The summed E-state index contributed by atoms with van der Waals surface area (Å²) >= 11 is 5.87. The first kappa shape index (κ1) is 27.2. The number of imidazole rings is 1. The quantitative estimate of drug-likeness (QED) is 0.253. The van der Waals surface area contributed by atoms with Crippen molar-refractivity contribution in [3.63, 3.8) is 0 Å². The molecule has 5 heterocycles. The van der Waals surface area contributed by atoms with Crippen LogP contribution in [0.15, 0.2) is 42.7 Å². The molecular formula is C29H28ClFN6O4. The van der Waals surface area contributed by atoms with E-state index in [0.717, 1.165) is 61.8 Å². The molecule has 12 heteroatoms. The summed E-state index contributed by atoms with van der Waals surface area (Å²) in [4.78, 5) is 34.3. The first-order valence-corrected chi connectivity index (χ1v) is 13.9. The lowest BCUT2D eigenvalue weighted by atomic mass is 9.87. The van der Waals surface area contributed by atoms with Crippen molar-refractivity contribution in [2.75, 3.05) is 13.7 Å². The highest BCUT2D eigenvalue weighted by atomic mass is 35.5. The monoisotopic (exact) mass is 578 g/mol. The summed E-state index contributed by atoms with van der Waals surface area (Å²) in [5.41, 5.74) is 3.21. The predicted octanol–water partition coefficient (Wildman–Crippen LogP) is 4.99. The first-order chi connectivity index (χ1) is 20.0. The van der Waals surface area contributed by atoms with Gasteiger partial charge in [-0.3, -0.25) is 4.98 Å². The van der Waals surface area contributed by atoms with Crippen molar-refractivity contribution in [3.05, 3.63) is 76.6 Å². The normalized spacial score (nSPS) is 18.6. The molecule has 0 amide bonds.